The van der Waals surface area contributed by atoms with E-state index >= 15 is 0 Å². The quantitative estimate of drug-likeness (QED) is 0.414. The van der Waals surface area contributed by atoms with Gasteiger partial charge < -0.3 is 10.1 Å². The Bertz CT molecular complexity index is 1390. The van der Waals surface area contributed by atoms with Crippen molar-refractivity contribution in [1.82, 2.24) is 26.1 Å². The molecule has 1 aromatic carbocycles. The van der Waals surface area contributed by atoms with Crippen molar-refractivity contribution in [3.8, 4) is 0 Å². The van der Waals surface area contributed by atoms with Gasteiger partial charge >= 0.3 is 12.1 Å². The first kappa shape index (κ1) is 32.4. The van der Waals surface area contributed by atoms with Crippen LogP contribution < -0.4 is 16.1 Å². The summed E-state index contributed by atoms with van der Waals surface area (Å²) < 4.78 is 49.3. The van der Waals surface area contributed by atoms with Crippen LogP contribution in [0.3, 0.4) is 0 Å². The number of ether oxygens (including phenoxy) is 1. The summed E-state index contributed by atoms with van der Waals surface area (Å²) in [5, 5.41) is 7.21. The maximum atomic E-state index is 14.5. The molecule has 3 N–H and O–H groups in total. The summed E-state index contributed by atoms with van der Waals surface area (Å²) in [6.45, 7) is 9.64. The Hall–Kier alpha value is -3.51. The van der Waals surface area contributed by atoms with Gasteiger partial charge in [-0.3, -0.25) is 24.7 Å². The molecule has 0 aliphatic carbocycles. The molecule has 2 aliphatic rings. The number of amides is 2. The summed E-state index contributed by atoms with van der Waals surface area (Å²) in [6, 6.07) is 3.79. The number of nitrogens with one attached hydrogen (secondary N) is 3. The molecule has 2 amide bonds. The van der Waals surface area contributed by atoms with Crippen molar-refractivity contribution in [2.24, 2.45) is 11.3 Å². The van der Waals surface area contributed by atoms with Crippen molar-refractivity contribution in [2.75, 3.05) is 6.54 Å². The molecule has 1 fully saturated rings. The van der Waals surface area contributed by atoms with E-state index in [1.807, 2.05) is 12.1 Å². The maximum absolute atomic E-state index is 14.5. The Balaban J connectivity index is 1.76. The Kier molecular flexibility index (Phi) is 9.51. The van der Waals surface area contributed by atoms with Gasteiger partial charge in [0.15, 0.2) is 0 Å². The third-order valence-corrected chi connectivity index (χ3v) is 7.99. The molecule has 3 heterocycles. The number of alkyl halides is 3. The van der Waals surface area contributed by atoms with E-state index in [0.29, 0.717) is 29.6 Å². The van der Waals surface area contributed by atoms with Crippen LogP contribution in [0.4, 0.5) is 13.2 Å². The van der Waals surface area contributed by atoms with Crippen LogP contribution in [-0.4, -0.2) is 64.7 Å². The third kappa shape index (κ3) is 7.53. The van der Waals surface area contributed by atoms with Crippen molar-refractivity contribution < 1.29 is 32.3 Å². The summed E-state index contributed by atoms with van der Waals surface area (Å²) in [5.74, 6) is -2.32. The minimum absolute atomic E-state index is 0.287. The van der Waals surface area contributed by atoms with E-state index < -0.39 is 65.6 Å². The molecule has 234 valence electrons. The fourth-order valence-electron chi connectivity index (χ4n) is 5.40. The van der Waals surface area contributed by atoms with Crippen molar-refractivity contribution in [3.63, 3.8) is 0 Å². The van der Waals surface area contributed by atoms with E-state index in [-0.39, 0.29) is 6.54 Å². The van der Waals surface area contributed by atoms with Crippen LogP contribution in [0.15, 0.2) is 36.4 Å². The minimum Gasteiger partial charge on any atom is -0.455 e. The molecule has 9 nitrogen and oxygen atoms in total. The van der Waals surface area contributed by atoms with E-state index in [9.17, 15) is 27.6 Å². The first-order chi connectivity index (χ1) is 20.1. The highest BCUT2D eigenvalue weighted by atomic mass is 19.4. The molecule has 43 heavy (non-hydrogen) atoms. The first-order valence-electron chi connectivity index (χ1n) is 14.6. The number of hydrazine groups is 1. The van der Waals surface area contributed by atoms with E-state index in [1.54, 1.807) is 45.0 Å². The molecule has 0 spiro atoms. The maximum Gasteiger partial charge on any atom is 0.404 e. The summed E-state index contributed by atoms with van der Waals surface area (Å²) in [4.78, 5) is 44.3. The fourth-order valence-corrected chi connectivity index (χ4v) is 5.40. The SMILES string of the molecule is CC(C)C1N[C@H](C(F)(F)F)C(C)(C)/C=C/c2ccc3ccc(nc3c2)[C@@H](C)OC(=O)[C@@H]2CCCN(N2)C(=O)[C@H](C)NC1=O. The lowest BCUT2D eigenvalue weighted by atomic mass is 9.82. The molecule has 1 aromatic heterocycles. The number of nitrogens with zero attached hydrogens (tertiary/aromatic N) is 2. The topological polar surface area (TPSA) is 113 Å². The highest BCUT2D eigenvalue weighted by molar-refractivity contribution is 5.90. The van der Waals surface area contributed by atoms with Gasteiger partial charge in [-0.05, 0) is 50.3 Å². The first-order valence-corrected chi connectivity index (χ1v) is 14.6. The van der Waals surface area contributed by atoms with Crippen LogP contribution in [0.5, 0.6) is 0 Å². The molecule has 5 bridgehead atoms. The molecule has 5 atom stereocenters. The number of hydrogen-bond donors (Lipinski definition) is 3. The number of fused-ring (bicyclic) bond motifs is 4. The predicted octanol–water partition coefficient (Wildman–Crippen LogP) is 4.44. The van der Waals surface area contributed by atoms with Gasteiger partial charge in [0.05, 0.1) is 17.3 Å². The largest absolute Gasteiger partial charge is 0.455 e. The van der Waals surface area contributed by atoms with Crippen molar-refractivity contribution in [3.05, 3.63) is 47.7 Å². The average Bonchev–Trinajstić information content (AvgIpc) is 2.93. The highest BCUT2D eigenvalue weighted by Gasteiger charge is 2.50. The normalized spacial score (nSPS) is 28.5. The van der Waals surface area contributed by atoms with Gasteiger partial charge in [-0.15, -0.1) is 0 Å². The van der Waals surface area contributed by atoms with Crippen molar-refractivity contribution in [1.29, 1.82) is 0 Å². The standard InChI is InChI=1S/C31H40F3N5O4/c1-17(2)25-26(40)35-18(3)27(41)39-15-7-8-23(38-39)28(42)43-19(4)22-12-11-21-10-9-20(16-24(21)36-22)13-14-30(5,6)29(37-25)31(32,33)34/h9-14,16-19,23,25,29,37-38H,7-8,15H2,1-6H3,(H,35,40)/b14-13+/t18-,19+,23-,25?,29-/m0/s1. The van der Waals surface area contributed by atoms with Crippen LogP contribution in [0.1, 0.15) is 71.7 Å². The monoisotopic (exact) mass is 603 g/mol. The Morgan fingerprint density at radius 1 is 1.09 bits per heavy atom. The Morgan fingerprint density at radius 3 is 2.47 bits per heavy atom. The molecule has 1 saturated heterocycles. The molecule has 1 unspecified atom stereocenters. The number of esters is 1. The number of rotatable bonds is 1. The van der Waals surface area contributed by atoms with Gasteiger partial charge in [0, 0.05) is 17.3 Å². The van der Waals surface area contributed by atoms with Crippen LogP contribution in [0, 0.1) is 11.3 Å². The van der Waals surface area contributed by atoms with Crippen LogP contribution in [-0.2, 0) is 19.1 Å². The summed E-state index contributed by atoms with van der Waals surface area (Å²) >= 11 is 0. The number of halogens is 3. The molecular formula is C31H40F3N5O4. The smallest absolute Gasteiger partial charge is 0.404 e. The van der Waals surface area contributed by atoms with Crippen LogP contribution in [0.2, 0.25) is 0 Å². The molecule has 4 rings (SSSR count). The minimum atomic E-state index is -4.69. The van der Waals surface area contributed by atoms with Gasteiger partial charge in [0.25, 0.3) is 5.91 Å². The lowest BCUT2D eigenvalue weighted by Crippen LogP contribution is -2.63. The van der Waals surface area contributed by atoms with Crippen molar-refractivity contribution in [2.45, 2.75) is 90.8 Å². The zero-order chi connectivity index (χ0) is 31.7. The van der Waals surface area contributed by atoms with Gasteiger partial charge in [-0.1, -0.05) is 58.0 Å². The molecule has 12 heteroatoms. The zero-order valence-electron chi connectivity index (χ0n) is 25.3. The van der Waals surface area contributed by atoms with Gasteiger partial charge in [0.1, 0.15) is 24.2 Å². The van der Waals surface area contributed by atoms with E-state index in [4.69, 9.17) is 4.74 Å². The number of cyclic esters (lactones) is 1. The molecular weight excluding hydrogens is 563 g/mol. The summed E-state index contributed by atoms with van der Waals surface area (Å²) in [5.41, 5.74) is 3.17. The number of pyridine rings is 1. The second-order valence-electron chi connectivity index (χ2n) is 12.3. The second kappa shape index (κ2) is 12.6. The number of carbonyl (C=O) groups is 3. The lowest BCUT2D eigenvalue weighted by molar-refractivity contribution is -0.177. The predicted molar refractivity (Wildman–Crippen MR) is 156 cm³/mol. The fraction of sp³-hybridized carbons (Fsp3) is 0.548. The van der Waals surface area contributed by atoms with Gasteiger partial charge in [-0.25, -0.2) is 10.4 Å². The van der Waals surface area contributed by atoms with E-state index in [0.717, 1.165) is 5.39 Å². The zero-order valence-corrected chi connectivity index (χ0v) is 25.3. The Labute approximate surface area is 249 Å². The molecule has 2 aliphatic heterocycles. The second-order valence-corrected chi connectivity index (χ2v) is 12.3. The highest BCUT2D eigenvalue weighted by Crippen LogP contribution is 2.36. The summed E-state index contributed by atoms with van der Waals surface area (Å²) in [6.07, 6.45) is -1.36. The van der Waals surface area contributed by atoms with Crippen LogP contribution >= 0.6 is 0 Å². The number of benzene rings is 1. The van der Waals surface area contributed by atoms with Crippen LogP contribution in [0.25, 0.3) is 17.0 Å². The molecule has 2 aromatic rings. The summed E-state index contributed by atoms with van der Waals surface area (Å²) in [7, 11) is 0. The molecule has 0 radical (unpaired) electrons. The third-order valence-electron chi connectivity index (χ3n) is 7.99. The average molecular weight is 604 g/mol. The number of aromatic nitrogens is 1. The van der Waals surface area contributed by atoms with Crippen molar-refractivity contribution >= 4 is 34.8 Å². The molecule has 0 saturated carbocycles. The lowest BCUT2D eigenvalue weighted by Gasteiger charge is -2.38. The van der Waals surface area contributed by atoms with E-state index in [1.165, 1.54) is 31.9 Å². The number of hydrogen-bond acceptors (Lipinski definition) is 7. The van der Waals surface area contributed by atoms with E-state index in [2.05, 4.69) is 21.0 Å². The number of carbonyl (C=O) groups excluding carboxylic acids is 3. The van der Waals surface area contributed by atoms with Gasteiger partial charge in [-0.2, -0.15) is 13.2 Å². The van der Waals surface area contributed by atoms with Gasteiger partial charge in [0.2, 0.25) is 5.91 Å². The Morgan fingerprint density at radius 2 is 1.79 bits per heavy atom.